The van der Waals surface area contributed by atoms with E-state index in [0.717, 1.165) is 22.9 Å². The van der Waals surface area contributed by atoms with Crippen LogP contribution in [0.4, 0.5) is 0 Å². The first-order valence-corrected chi connectivity index (χ1v) is 6.28. The van der Waals surface area contributed by atoms with Crippen molar-refractivity contribution in [2.75, 3.05) is 0 Å². The first-order chi connectivity index (χ1) is 8.74. The average Bonchev–Trinajstić information content (AvgIpc) is 2.69. The molecular weight excluding hydrogens is 279 g/mol. The number of hydrogen-bond acceptors (Lipinski definition) is 1. The minimum Gasteiger partial charge on any atom is -1.00 e. The number of nitrogens with zero attached hydrogens (tertiary/aromatic N) is 2. The van der Waals surface area contributed by atoms with E-state index in [1.54, 1.807) is 0 Å². The molecule has 0 aliphatic rings. The van der Waals surface area contributed by atoms with E-state index in [2.05, 4.69) is 27.8 Å². The van der Waals surface area contributed by atoms with E-state index in [-0.39, 0.29) is 12.4 Å². The summed E-state index contributed by atoms with van der Waals surface area (Å²) in [5.74, 6) is 1.03. The maximum Gasteiger partial charge on any atom is 0.107 e. The molecule has 19 heavy (non-hydrogen) atoms. The molecule has 0 spiro atoms. The highest BCUT2D eigenvalue weighted by atomic mass is 35.5. The third-order valence-electron chi connectivity index (χ3n) is 3.10. The van der Waals surface area contributed by atoms with Crippen LogP contribution in [0.5, 0.6) is 0 Å². The van der Waals surface area contributed by atoms with E-state index in [4.69, 9.17) is 11.6 Å². The van der Waals surface area contributed by atoms with Crippen LogP contribution in [0, 0.1) is 6.92 Å². The van der Waals surface area contributed by atoms with Crippen molar-refractivity contribution >= 4 is 22.6 Å². The summed E-state index contributed by atoms with van der Waals surface area (Å²) in [7, 11) is 0. The first kappa shape index (κ1) is 13.9. The molecule has 0 radical (unpaired) electrons. The Morgan fingerprint density at radius 3 is 2.47 bits per heavy atom. The highest BCUT2D eigenvalue weighted by Gasteiger charge is 2.06. The molecule has 2 nitrogen and oxygen atoms in total. The van der Waals surface area contributed by atoms with E-state index in [1.807, 2.05) is 37.3 Å². The molecule has 0 aliphatic heterocycles. The predicted molar refractivity (Wildman–Crippen MR) is 75.0 cm³/mol. The van der Waals surface area contributed by atoms with E-state index in [9.17, 15) is 0 Å². The van der Waals surface area contributed by atoms with Crippen LogP contribution in [0.2, 0.25) is 5.02 Å². The highest BCUT2D eigenvalue weighted by molar-refractivity contribution is 6.30. The largest absolute Gasteiger partial charge is 1.00 e. The van der Waals surface area contributed by atoms with Gasteiger partial charge in [0.2, 0.25) is 0 Å². The standard InChI is InChI=1S/C15H13ClN2.ClH/c1-11-17-14-4-2-3-5-15(14)18(11)10-12-6-8-13(16)9-7-12;/h2-9H,10H2,1H3;1H/p-1. The highest BCUT2D eigenvalue weighted by Crippen LogP contribution is 2.18. The van der Waals surface area contributed by atoms with E-state index in [1.165, 1.54) is 11.1 Å². The van der Waals surface area contributed by atoms with Crippen molar-refractivity contribution in [1.29, 1.82) is 0 Å². The summed E-state index contributed by atoms with van der Waals surface area (Å²) in [6.07, 6.45) is 0. The number of fused-ring (bicyclic) bond motifs is 1. The fourth-order valence-corrected chi connectivity index (χ4v) is 2.29. The van der Waals surface area contributed by atoms with Gasteiger partial charge in [0.25, 0.3) is 0 Å². The first-order valence-electron chi connectivity index (χ1n) is 5.90. The molecule has 98 valence electrons. The zero-order valence-corrected chi connectivity index (χ0v) is 12.0. The van der Waals surface area contributed by atoms with Crippen LogP contribution in [0.3, 0.4) is 0 Å². The topological polar surface area (TPSA) is 17.8 Å². The summed E-state index contributed by atoms with van der Waals surface area (Å²) in [6.45, 7) is 2.86. The molecule has 0 saturated carbocycles. The zero-order chi connectivity index (χ0) is 12.5. The smallest absolute Gasteiger partial charge is 0.107 e. The summed E-state index contributed by atoms with van der Waals surface area (Å²) in [6, 6.07) is 16.2. The molecule has 3 rings (SSSR count). The predicted octanol–water partition coefficient (Wildman–Crippen LogP) is 1.05. The molecule has 0 bridgehead atoms. The molecule has 1 heterocycles. The summed E-state index contributed by atoms with van der Waals surface area (Å²) >= 11 is 5.90. The average molecular weight is 292 g/mol. The van der Waals surface area contributed by atoms with Gasteiger partial charge >= 0.3 is 0 Å². The Kier molecular flexibility index (Phi) is 4.13. The number of para-hydroxylation sites is 2. The van der Waals surface area contributed by atoms with Crippen LogP contribution in [0.25, 0.3) is 11.0 Å². The SMILES string of the molecule is Cc1nc2ccccc2n1Cc1ccc(Cl)cc1.[Cl-]. The third-order valence-corrected chi connectivity index (χ3v) is 3.35. The normalized spacial score (nSPS) is 10.4. The van der Waals surface area contributed by atoms with Crippen LogP contribution >= 0.6 is 11.6 Å². The number of rotatable bonds is 2. The van der Waals surface area contributed by atoms with E-state index >= 15 is 0 Å². The molecule has 2 aromatic carbocycles. The second-order valence-corrected chi connectivity index (χ2v) is 4.80. The monoisotopic (exact) mass is 291 g/mol. The van der Waals surface area contributed by atoms with Gasteiger partial charge in [-0.15, -0.1) is 0 Å². The number of benzene rings is 2. The Labute approximate surface area is 123 Å². The van der Waals surface area contributed by atoms with Gasteiger partial charge in [-0.05, 0) is 36.8 Å². The zero-order valence-electron chi connectivity index (χ0n) is 10.5. The summed E-state index contributed by atoms with van der Waals surface area (Å²) in [5, 5.41) is 0.769. The molecule has 0 fully saturated rings. The second-order valence-electron chi connectivity index (χ2n) is 4.36. The van der Waals surface area contributed by atoms with E-state index < -0.39 is 0 Å². The van der Waals surface area contributed by atoms with E-state index in [0.29, 0.717) is 0 Å². The Balaban J connectivity index is 0.00000133. The summed E-state index contributed by atoms with van der Waals surface area (Å²) in [4.78, 5) is 4.56. The molecule has 4 heteroatoms. The Bertz CT molecular complexity index is 687. The van der Waals surface area contributed by atoms with Gasteiger partial charge in [0.1, 0.15) is 5.82 Å². The molecule has 0 aliphatic carbocycles. The lowest BCUT2D eigenvalue weighted by atomic mass is 10.2. The Morgan fingerprint density at radius 1 is 1.05 bits per heavy atom. The van der Waals surface area contributed by atoms with Crippen molar-refractivity contribution < 1.29 is 12.4 Å². The lowest BCUT2D eigenvalue weighted by Crippen LogP contribution is -3.00. The Hall–Kier alpha value is -1.51. The van der Waals surface area contributed by atoms with Crippen molar-refractivity contribution in [3.63, 3.8) is 0 Å². The number of hydrogen-bond donors (Lipinski definition) is 0. The molecule has 3 aromatic rings. The van der Waals surface area contributed by atoms with Crippen LogP contribution in [0.15, 0.2) is 48.5 Å². The minimum atomic E-state index is 0. The van der Waals surface area contributed by atoms with Crippen molar-refractivity contribution in [2.24, 2.45) is 0 Å². The van der Waals surface area contributed by atoms with Gasteiger partial charge in [0, 0.05) is 11.6 Å². The quantitative estimate of drug-likeness (QED) is 0.690. The van der Waals surface area contributed by atoms with Crippen LogP contribution in [0.1, 0.15) is 11.4 Å². The van der Waals surface area contributed by atoms with Crippen molar-refractivity contribution in [2.45, 2.75) is 13.5 Å². The lowest BCUT2D eigenvalue weighted by molar-refractivity contribution is -0.00000366. The fourth-order valence-electron chi connectivity index (χ4n) is 2.17. The lowest BCUT2D eigenvalue weighted by Gasteiger charge is -2.07. The molecular formula is C15H13Cl2N2-. The maximum absolute atomic E-state index is 5.90. The minimum absolute atomic E-state index is 0. The molecule has 0 N–H and O–H groups in total. The van der Waals surface area contributed by atoms with Crippen LogP contribution < -0.4 is 12.4 Å². The number of aryl methyl sites for hydroxylation is 1. The fraction of sp³-hybridized carbons (Fsp3) is 0.133. The second kappa shape index (κ2) is 5.64. The molecule has 0 amide bonds. The molecule has 0 atom stereocenters. The Morgan fingerprint density at radius 2 is 1.74 bits per heavy atom. The number of halogens is 2. The summed E-state index contributed by atoms with van der Waals surface area (Å²) < 4.78 is 2.22. The maximum atomic E-state index is 5.90. The summed E-state index contributed by atoms with van der Waals surface area (Å²) in [5.41, 5.74) is 3.44. The number of aromatic nitrogens is 2. The van der Waals surface area contributed by atoms with Gasteiger partial charge in [0.05, 0.1) is 11.0 Å². The van der Waals surface area contributed by atoms with Gasteiger partial charge in [-0.1, -0.05) is 35.9 Å². The molecule has 0 unspecified atom stereocenters. The third kappa shape index (κ3) is 2.75. The van der Waals surface area contributed by atoms with Gasteiger partial charge in [-0.25, -0.2) is 4.98 Å². The number of imidazole rings is 1. The van der Waals surface area contributed by atoms with Crippen molar-refractivity contribution in [3.05, 3.63) is 64.9 Å². The van der Waals surface area contributed by atoms with Crippen molar-refractivity contribution in [1.82, 2.24) is 9.55 Å². The van der Waals surface area contributed by atoms with Gasteiger partial charge in [-0.3, -0.25) is 0 Å². The van der Waals surface area contributed by atoms with Gasteiger partial charge < -0.3 is 17.0 Å². The van der Waals surface area contributed by atoms with Gasteiger partial charge in [0.15, 0.2) is 0 Å². The van der Waals surface area contributed by atoms with Gasteiger partial charge in [-0.2, -0.15) is 0 Å². The van der Waals surface area contributed by atoms with Crippen LogP contribution in [-0.2, 0) is 6.54 Å². The van der Waals surface area contributed by atoms with Crippen molar-refractivity contribution in [3.8, 4) is 0 Å². The molecule has 0 saturated heterocycles. The van der Waals surface area contributed by atoms with Crippen LogP contribution in [-0.4, -0.2) is 9.55 Å². The molecule has 1 aromatic heterocycles.